The molecule has 1 saturated heterocycles. The molecule has 1 atom stereocenters. The molecule has 1 fully saturated rings. The highest BCUT2D eigenvalue weighted by Crippen LogP contribution is 2.07. The summed E-state index contributed by atoms with van der Waals surface area (Å²) in [6.07, 6.45) is 3.84. The van der Waals surface area contributed by atoms with Gasteiger partial charge in [0.25, 0.3) is 0 Å². The van der Waals surface area contributed by atoms with E-state index in [2.05, 4.69) is 27.3 Å². The van der Waals surface area contributed by atoms with Crippen LogP contribution in [0.1, 0.15) is 5.69 Å². The quantitative estimate of drug-likeness (QED) is 0.877. The van der Waals surface area contributed by atoms with Crippen LogP contribution in [0.3, 0.4) is 0 Å². The van der Waals surface area contributed by atoms with E-state index >= 15 is 0 Å². The van der Waals surface area contributed by atoms with Crippen molar-refractivity contribution in [1.82, 2.24) is 25.0 Å². The maximum atomic E-state index is 5.74. The Kier molecular flexibility index (Phi) is 4.59. The van der Waals surface area contributed by atoms with Crippen molar-refractivity contribution >= 4 is 0 Å². The van der Waals surface area contributed by atoms with E-state index in [1.807, 2.05) is 28.9 Å². The number of rotatable bonds is 5. The van der Waals surface area contributed by atoms with Gasteiger partial charge >= 0.3 is 0 Å². The lowest BCUT2D eigenvalue weighted by Gasteiger charge is -2.30. The van der Waals surface area contributed by atoms with Gasteiger partial charge in [0, 0.05) is 38.6 Å². The van der Waals surface area contributed by atoms with Crippen molar-refractivity contribution in [2.45, 2.75) is 12.6 Å². The minimum Gasteiger partial charge on any atom is -0.374 e. The predicted octanol–water partition coefficient (Wildman–Crippen LogP) is 0.687. The Morgan fingerprint density at radius 3 is 3.10 bits per heavy atom. The van der Waals surface area contributed by atoms with Crippen LogP contribution in [0, 0.1) is 0 Å². The van der Waals surface area contributed by atoms with Gasteiger partial charge in [0.2, 0.25) is 0 Å². The van der Waals surface area contributed by atoms with E-state index in [4.69, 9.17) is 4.74 Å². The first kappa shape index (κ1) is 14.2. The largest absolute Gasteiger partial charge is 0.374 e. The Morgan fingerprint density at radius 2 is 2.29 bits per heavy atom. The van der Waals surface area contributed by atoms with E-state index in [-0.39, 0.29) is 6.10 Å². The second kappa shape index (κ2) is 6.80. The Balaban J connectivity index is 1.55. The first-order valence-corrected chi connectivity index (χ1v) is 7.28. The Bertz CT molecular complexity index is 556. The van der Waals surface area contributed by atoms with Crippen LogP contribution >= 0.6 is 0 Å². The van der Waals surface area contributed by atoms with Crippen LogP contribution in [-0.2, 0) is 11.3 Å². The van der Waals surface area contributed by atoms with Crippen LogP contribution in [0.2, 0.25) is 0 Å². The average Bonchev–Trinajstić information content (AvgIpc) is 2.97. The number of nitrogens with zero attached hydrogens (tertiary/aromatic N) is 4. The summed E-state index contributed by atoms with van der Waals surface area (Å²) in [6, 6.07) is 7.83. The number of likely N-dealkylation sites (N-methyl/N-ethyl adjacent to an activating group) is 1. The molecule has 2 aromatic heterocycles. The lowest BCUT2D eigenvalue weighted by Crippen LogP contribution is -2.44. The van der Waals surface area contributed by atoms with Gasteiger partial charge in [0.15, 0.2) is 5.82 Å². The number of morpholine rings is 1. The lowest BCUT2D eigenvalue weighted by molar-refractivity contribution is -0.0182. The van der Waals surface area contributed by atoms with Gasteiger partial charge in [-0.2, -0.15) is 5.10 Å². The molecule has 0 spiro atoms. The summed E-state index contributed by atoms with van der Waals surface area (Å²) in [6.45, 7) is 4.40. The number of hydrogen-bond donors (Lipinski definition) is 1. The molecular weight excluding hydrogens is 266 g/mol. The summed E-state index contributed by atoms with van der Waals surface area (Å²) < 4.78 is 7.61. The van der Waals surface area contributed by atoms with E-state index in [1.54, 1.807) is 12.4 Å². The van der Waals surface area contributed by atoms with Gasteiger partial charge in [-0.05, 0) is 25.2 Å². The molecule has 2 aromatic rings. The van der Waals surface area contributed by atoms with Crippen molar-refractivity contribution in [2.75, 3.05) is 33.3 Å². The minimum absolute atomic E-state index is 0.259. The zero-order valence-corrected chi connectivity index (χ0v) is 12.3. The van der Waals surface area contributed by atoms with Crippen LogP contribution in [0.25, 0.3) is 5.82 Å². The van der Waals surface area contributed by atoms with Gasteiger partial charge in [0.1, 0.15) is 0 Å². The highest BCUT2D eigenvalue weighted by Gasteiger charge is 2.17. The summed E-state index contributed by atoms with van der Waals surface area (Å²) in [5, 5.41) is 7.79. The SMILES string of the molecule is CN1CCOC(CNCc2ccnn2-c2ccccn2)C1. The molecule has 3 rings (SSSR count). The maximum Gasteiger partial charge on any atom is 0.153 e. The molecule has 0 bridgehead atoms. The lowest BCUT2D eigenvalue weighted by atomic mass is 10.3. The molecule has 1 unspecified atom stereocenters. The van der Waals surface area contributed by atoms with E-state index < -0.39 is 0 Å². The third-order valence-electron chi connectivity index (χ3n) is 3.61. The Labute approximate surface area is 124 Å². The highest BCUT2D eigenvalue weighted by molar-refractivity contribution is 5.23. The molecule has 1 aliphatic rings. The number of hydrogen-bond acceptors (Lipinski definition) is 5. The summed E-state index contributed by atoms with van der Waals surface area (Å²) in [5.41, 5.74) is 1.10. The van der Waals surface area contributed by atoms with Gasteiger partial charge in [-0.25, -0.2) is 9.67 Å². The van der Waals surface area contributed by atoms with E-state index in [9.17, 15) is 0 Å². The second-order valence-corrected chi connectivity index (χ2v) is 5.31. The fourth-order valence-electron chi connectivity index (χ4n) is 2.50. The van der Waals surface area contributed by atoms with Crippen molar-refractivity contribution in [3.8, 4) is 5.82 Å². The Hall–Kier alpha value is -1.76. The van der Waals surface area contributed by atoms with Gasteiger partial charge in [-0.1, -0.05) is 6.07 Å². The molecule has 21 heavy (non-hydrogen) atoms. The van der Waals surface area contributed by atoms with E-state index in [0.29, 0.717) is 0 Å². The summed E-state index contributed by atoms with van der Waals surface area (Å²) >= 11 is 0. The van der Waals surface area contributed by atoms with E-state index in [1.165, 1.54) is 0 Å². The number of nitrogens with one attached hydrogen (secondary N) is 1. The second-order valence-electron chi connectivity index (χ2n) is 5.31. The molecule has 0 radical (unpaired) electrons. The summed E-state index contributed by atoms with van der Waals surface area (Å²) in [5.74, 6) is 0.841. The van der Waals surface area contributed by atoms with Crippen molar-refractivity contribution < 1.29 is 4.74 Å². The molecule has 1 aliphatic heterocycles. The van der Waals surface area contributed by atoms with Gasteiger partial charge in [-0.3, -0.25) is 0 Å². The predicted molar refractivity (Wildman–Crippen MR) is 80.3 cm³/mol. The van der Waals surface area contributed by atoms with Crippen molar-refractivity contribution in [2.24, 2.45) is 0 Å². The fraction of sp³-hybridized carbons (Fsp3) is 0.467. The maximum absolute atomic E-state index is 5.74. The minimum atomic E-state index is 0.259. The number of aromatic nitrogens is 3. The van der Waals surface area contributed by atoms with Gasteiger partial charge in [-0.15, -0.1) is 0 Å². The first-order chi connectivity index (χ1) is 10.3. The first-order valence-electron chi connectivity index (χ1n) is 7.28. The third-order valence-corrected chi connectivity index (χ3v) is 3.61. The average molecular weight is 287 g/mol. The summed E-state index contributed by atoms with van der Waals surface area (Å²) in [4.78, 5) is 6.63. The van der Waals surface area contributed by atoms with Crippen LogP contribution in [0.15, 0.2) is 36.7 Å². The Morgan fingerprint density at radius 1 is 1.33 bits per heavy atom. The number of ether oxygens (including phenoxy) is 1. The number of pyridine rings is 1. The molecule has 3 heterocycles. The zero-order chi connectivity index (χ0) is 14.5. The van der Waals surface area contributed by atoms with Crippen LogP contribution in [-0.4, -0.2) is 59.1 Å². The highest BCUT2D eigenvalue weighted by atomic mass is 16.5. The van der Waals surface area contributed by atoms with Crippen LogP contribution in [0.5, 0.6) is 0 Å². The topological polar surface area (TPSA) is 55.2 Å². The van der Waals surface area contributed by atoms with Gasteiger partial charge < -0.3 is 15.0 Å². The van der Waals surface area contributed by atoms with Crippen molar-refractivity contribution in [3.63, 3.8) is 0 Å². The van der Waals surface area contributed by atoms with Crippen LogP contribution < -0.4 is 5.32 Å². The molecule has 0 amide bonds. The molecule has 6 nitrogen and oxygen atoms in total. The molecule has 0 saturated carbocycles. The zero-order valence-electron chi connectivity index (χ0n) is 12.3. The monoisotopic (exact) mass is 287 g/mol. The summed E-state index contributed by atoms with van der Waals surface area (Å²) in [7, 11) is 2.13. The molecule has 0 aliphatic carbocycles. The van der Waals surface area contributed by atoms with Crippen molar-refractivity contribution in [3.05, 3.63) is 42.4 Å². The fourth-order valence-corrected chi connectivity index (χ4v) is 2.50. The third kappa shape index (κ3) is 3.66. The molecule has 1 N–H and O–H groups in total. The molecule has 112 valence electrons. The molecular formula is C15H21N5O. The van der Waals surface area contributed by atoms with Gasteiger partial charge in [0.05, 0.1) is 18.4 Å². The normalized spacial score (nSPS) is 19.8. The van der Waals surface area contributed by atoms with Crippen molar-refractivity contribution in [1.29, 1.82) is 0 Å². The van der Waals surface area contributed by atoms with Crippen LogP contribution in [0.4, 0.5) is 0 Å². The molecule has 6 heteroatoms. The molecule has 0 aromatic carbocycles. The van der Waals surface area contributed by atoms with E-state index in [0.717, 1.165) is 44.3 Å². The standard InChI is InChI=1S/C15H21N5O/c1-19-8-9-21-14(12-19)11-16-10-13-5-7-18-20(13)15-4-2-3-6-17-15/h2-7,14,16H,8-12H2,1H3. The smallest absolute Gasteiger partial charge is 0.153 e.